The Kier molecular flexibility index (Phi) is 6.12. The highest BCUT2D eigenvalue weighted by atomic mass is 31.0. The number of rotatable bonds is 7. The zero-order chi connectivity index (χ0) is 18.0. The molecule has 0 aliphatic carbocycles. The van der Waals surface area contributed by atoms with Crippen molar-refractivity contribution in [3.8, 4) is 0 Å². The third-order valence-electron chi connectivity index (χ3n) is 4.05. The van der Waals surface area contributed by atoms with Crippen molar-refractivity contribution in [1.82, 2.24) is 19.5 Å². The van der Waals surface area contributed by atoms with Crippen LogP contribution < -0.4 is 5.32 Å². The third kappa shape index (κ3) is 3.36. The average Bonchev–Trinajstić information content (AvgIpc) is 3.21. The SMILES string of the molecule is CNc1nc(CO)nc2c1ncn2C1OC(COC)C(OP)C1OP. The molecule has 10 nitrogen and oxygen atoms in total. The summed E-state index contributed by atoms with van der Waals surface area (Å²) < 4.78 is 24.0. The number of hydrogen-bond donors (Lipinski definition) is 2. The minimum atomic E-state index is -0.528. The predicted molar refractivity (Wildman–Crippen MR) is 95.7 cm³/mol. The lowest BCUT2D eigenvalue weighted by molar-refractivity contribution is -0.0528. The lowest BCUT2D eigenvalue weighted by Gasteiger charge is -2.21. The summed E-state index contributed by atoms with van der Waals surface area (Å²) in [6.07, 6.45) is -0.0196. The molecule has 0 bridgehead atoms. The van der Waals surface area contributed by atoms with Gasteiger partial charge in [0.25, 0.3) is 0 Å². The smallest absolute Gasteiger partial charge is 0.168 e. The van der Waals surface area contributed by atoms with Gasteiger partial charge in [-0.3, -0.25) is 4.57 Å². The Bertz CT molecular complexity index is 732. The highest BCUT2D eigenvalue weighted by molar-refractivity contribution is 7.10. The van der Waals surface area contributed by atoms with E-state index < -0.39 is 12.3 Å². The van der Waals surface area contributed by atoms with Gasteiger partial charge in [0.2, 0.25) is 0 Å². The number of nitrogens with zero attached hydrogens (tertiary/aromatic N) is 4. The summed E-state index contributed by atoms with van der Waals surface area (Å²) in [7, 11) is 7.81. The van der Waals surface area contributed by atoms with Gasteiger partial charge in [0, 0.05) is 33.1 Å². The molecule has 12 heteroatoms. The summed E-state index contributed by atoms with van der Waals surface area (Å²) in [5.41, 5.74) is 1.10. The number of aliphatic hydroxyl groups excluding tert-OH is 1. The molecule has 6 atom stereocenters. The molecule has 2 aromatic heterocycles. The zero-order valence-corrected chi connectivity index (χ0v) is 16.1. The Balaban J connectivity index is 2.05. The monoisotopic (exact) mass is 389 g/mol. The highest BCUT2D eigenvalue weighted by Gasteiger charge is 2.47. The zero-order valence-electron chi connectivity index (χ0n) is 13.8. The molecule has 0 aromatic carbocycles. The van der Waals surface area contributed by atoms with E-state index in [4.69, 9.17) is 18.5 Å². The van der Waals surface area contributed by atoms with Gasteiger partial charge >= 0.3 is 0 Å². The molecule has 0 amide bonds. The van der Waals surface area contributed by atoms with Crippen LogP contribution in [0.4, 0.5) is 5.82 Å². The average molecular weight is 389 g/mol. The molecule has 3 rings (SSSR count). The van der Waals surface area contributed by atoms with Crippen molar-refractivity contribution >= 4 is 35.9 Å². The van der Waals surface area contributed by atoms with Gasteiger partial charge < -0.3 is 28.9 Å². The van der Waals surface area contributed by atoms with Gasteiger partial charge in [-0.15, -0.1) is 0 Å². The lowest BCUT2D eigenvalue weighted by Crippen LogP contribution is -2.34. The topological polar surface area (TPSA) is 113 Å². The van der Waals surface area contributed by atoms with Crippen molar-refractivity contribution in [3.05, 3.63) is 12.2 Å². The molecule has 0 saturated carbocycles. The molecule has 1 aliphatic heterocycles. The van der Waals surface area contributed by atoms with Gasteiger partial charge in [-0.05, 0) is 0 Å². The largest absolute Gasteiger partial charge is 0.388 e. The van der Waals surface area contributed by atoms with Gasteiger partial charge in [0.05, 0.1) is 12.9 Å². The third-order valence-corrected chi connectivity index (χ3v) is 4.68. The van der Waals surface area contributed by atoms with E-state index in [1.54, 1.807) is 25.1 Å². The molecule has 2 N–H and O–H groups in total. The van der Waals surface area contributed by atoms with Gasteiger partial charge in [-0.2, -0.15) is 0 Å². The van der Waals surface area contributed by atoms with Crippen LogP contribution >= 0.6 is 18.9 Å². The second-order valence-electron chi connectivity index (χ2n) is 5.44. The normalized spacial score (nSPS) is 26.4. The summed E-state index contributed by atoms with van der Waals surface area (Å²) in [5.74, 6) is 0.814. The Hall–Kier alpha value is -0.990. The van der Waals surface area contributed by atoms with Crippen LogP contribution in [0.25, 0.3) is 11.2 Å². The molecule has 1 fully saturated rings. The van der Waals surface area contributed by atoms with E-state index in [1.807, 2.05) is 0 Å². The number of hydrogen-bond acceptors (Lipinski definition) is 9. The van der Waals surface area contributed by atoms with E-state index in [-0.39, 0.29) is 24.6 Å². The Morgan fingerprint density at radius 2 is 2.08 bits per heavy atom. The molecule has 6 unspecified atom stereocenters. The predicted octanol–water partition coefficient (Wildman–Crippen LogP) is 0.255. The number of aromatic nitrogens is 4. The molecule has 1 aliphatic rings. The number of fused-ring (bicyclic) bond motifs is 1. The van der Waals surface area contributed by atoms with Crippen LogP contribution in [0, 0.1) is 0 Å². The van der Waals surface area contributed by atoms with Crippen LogP contribution in [0.1, 0.15) is 12.1 Å². The second kappa shape index (κ2) is 8.14. The first-order valence-corrected chi connectivity index (χ1v) is 8.50. The minimum absolute atomic E-state index is 0.283. The molecule has 138 valence electrons. The first-order chi connectivity index (χ1) is 12.2. The van der Waals surface area contributed by atoms with Crippen molar-refractivity contribution in [2.75, 3.05) is 26.1 Å². The standard InChI is InChI=1S/C13H21N5O5P2/c1-14-11-8-12(17-7(3-19)16-11)18(5-15-8)13-10(23-25)9(22-24)6(21-13)4-20-2/h5-6,9-10,13,19H,3-4,24-25H2,1-2H3,(H,14,16,17). The second-order valence-corrected chi connectivity index (χ2v) is 5.99. The fraction of sp³-hybridized carbons (Fsp3) is 0.615. The molecule has 0 radical (unpaired) electrons. The molecule has 0 spiro atoms. The molecular formula is C13H21N5O5P2. The van der Waals surface area contributed by atoms with Crippen molar-refractivity contribution in [1.29, 1.82) is 0 Å². The maximum atomic E-state index is 9.42. The quantitative estimate of drug-likeness (QED) is 0.644. The lowest BCUT2D eigenvalue weighted by atomic mass is 10.1. The van der Waals surface area contributed by atoms with Crippen molar-refractivity contribution < 1.29 is 23.6 Å². The van der Waals surface area contributed by atoms with Crippen molar-refractivity contribution in [3.63, 3.8) is 0 Å². The van der Waals surface area contributed by atoms with Crippen LogP contribution in [0.15, 0.2) is 6.33 Å². The van der Waals surface area contributed by atoms with Crippen LogP contribution in [-0.4, -0.2) is 63.7 Å². The number of aliphatic hydroxyl groups is 1. The highest BCUT2D eigenvalue weighted by Crippen LogP contribution is 2.37. The summed E-state index contributed by atoms with van der Waals surface area (Å²) in [6.45, 7) is 0.0693. The van der Waals surface area contributed by atoms with Crippen LogP contribution in [0.3, 0.4) is 0 Å². The summed E-state index contributed by atoms with van der Waals surface area (Å²) in [6, 6.07) is 0. The molecule has 1 saturated heterocycles. The fourth-order valence-electron chi connectivity index (χ4n) is 2.93. The van der Waals surface area contributed by atoms with E-state index in [1.165, 1.54) is 0 Å². The molecule has 3 heterocycles. The molecular weight excluding hydrogens is 368 g/mol. The number of ether oxygens (including phenoxy) is 2. The van der Waals surface area contributed by atoms with Gasteiger partial charge in [-0.1, -0.05) is 0 Å². The number of methoxy groups -OCH3 is 1. The van der Waals surface area contributed by atoms with Crippen molar-refractivity contribution in [2.45, 2.75) is 31.1 Å². The minimum Gasteiger partial charge on any atom is -0.388 e. The summed E-state index contributed by atoms with van der Waals surface area (Å²) in [4.78, 5) is 13.0. The van der Waals surface area contributed by atoms with E-state index >= 15 is 0 Å². The fourth-order valence-corrected chi connectivity index (χ4v) is 3.55. The van der Waals surface area contributed by atoms with E-state index in [9.17, 15) is 5.11 Å². The van der Waals surface area contributed by atoms with Crippen molar-refractivity contribution in [2.24, 2.45) is 0 Å². The maximum absolute atomic E-state index is 9.42. The van der Waals surface area contributed by atoms with Crippen LogP contribution in [0.5, 0.6) is 0 Å². The first-order valence-electron chi connectivity index (χ1n) is 7.56. The Labute approximate surface area is 149 Å². The molecule has 2 aromatic rings. The van der Waals surface area contributed by atoms with Gasteiger partial charge in [0.1, 0.15) is 24.9 Å². The van der Waals surface area contributed by atoms with Crippen LogP contribution in [0.2, 0.25) is 0 Å². The number of nitrogens with one attached hydrogen (secondary N) is 1. The Morgan fingerprint density at radius 3 is 2.68 bits per heavy atom. The van der Waals surface area contributed by atoms with E-state index in [0.29, 0.717) is 23.6 Å². The van der Waals surface area contributed by atoms with E-state index in [0.717, 1.165) is 0 Å². The Morgan fingerprint density at radius 1 is 1.32 bits per heavy atom. The number of imidazole rings is 1. The van der Waals surface area contributed by atoms with Crippen LogP contribution in [-0.2, 0) is 25.1 Å². The first kappa shape index (κ1) is 18.8. The summed E-state index contributed by atoms with van der Waals surface area (Å²) in [5, 5.41) is 12.4. The molecule has 25 heavy (non-hydrogen) atoms. The van der Waals surface area contributed by atoms with Gasteiger partial charge in [-0.25, -0.2) is 15.0 Å². The van der Waals surface area contributed by atoms with Gasteiger partial charge in [0.15, 0.2) is 29.0 Å². The maximum Gasteiger partial charge on any atom is 0.168 e. The summed E-state index contributed by atoms with van der Waals surface area (Å²) >= 11 is 0. The number of anilines is 1. The van der Waals surface area contributed by atoms with E-state index in [2.05, 4.69) is 39.2 Å².